The van der Waals surface area contributed by atoms with E-state index >= 15 is 0 Å². The first kappa shape index (κ1) is 17.4. The lowest BCUT2D eigenvalue weighted by atomic mass is 10.0. The lowest BCUT2D eigenvalue weighted by Gasteiger charge is -2.32. The van der Waals surface area contributed by atoms with Crippen LogP contribution in [0, 0.1) is 0 Å². The minimum Gasteiger partial charge on any atom is -0.339 e. The van der Waals surface area contributed by atoms with E-state index in [0.717, 1.165) is 0 Å². The zero-order valence-electron chi connectivity index (χ0n) is 12.8. The maximum atomic E-state index is 12.5. The largest absolute Gasteiger partial charge is 0.339 e. The number of benzene rings is 1. The van der Waals surface area contributed by atoms with Crippen LogP contribution in [0.5, 0.6) is 0 Å². The number of sulfonamides is 1. The Kier molecular flexibility index (Phi) is 5.24. The fourth-order valence-electron chi connectivity index (χ4n) is 2.70. The minimum atomic E-state index is -3.46. The number of rotatable bonds is 4. The first-order valence-electron chi connectivity index (χ1n) is 7.56. The molecule has 128 valence electrons. The van der Waals surface area contributed by atoms with Crippen molar-refractivity contribution in [2.24, 2.45) is 0 Å². The van der Waals surface area contributed by atoms with Crippen LogP contribution in [-0.2, 0) is 10.0 Å². The van der Waals surface area contributed by atoms with Crippen LogP contribution in [0.1, 0.15) is 23.2 Å². The van der Waals surface area contributed by atoms with E-state index in [0.29, 0.717) is 40.7 Å². The van der Waals surface area contributed by atoms with Gasteiger partial charge in [-0.3, -0.25) is 4.79 Å². The van der Waals surface area contributed by atoms with Crippen LogP contribution in [0.25, 0.3) is 0 Å². The molecule has 1 saturated heterocycles. The lowest BCUT2D eigenvalue weighted by molar-refractivity contribution is 0.0711. The summed E-state index contributed by atoms with van der Waals surface area (Å²) in [7, 11) is -3.46. The Hall–Kier alpha value is -1.41. The first-order valence-corrected chi connectivity index (χ1v) is 10.3. The van der Waals surface area contributed by atoms with E-state index in [1.54, 1.807) is 46.7 Å². The van der Waals surface area contributed by atoms with Gasteiger partial charge in [-0.25, -0.2) is 13.1 Å². The van der Waals surface area contributed by atoms with E-state index in [-0.39, 0.29) is 11.9 Å². The predicted octanol–water partition coefficient (Wildman–Crippen LogP) is 2.98. The van der Waals surface area contributed by atoms with Gasteiger partial charge in [0, 0.05) is 29.7 Å². The van der Waals surface area contributed by atoms with Gasteiger partial charge in [0.25, 0.3) is 5.91 Å². The predicted molar refractivity (Wildman–Crippen MR) is 95.0 cm³/mol. The maximum Gasteiger partial charge on any atom is 0.253 e. The highest BCUT2D eigenvalue weighted by molar-refractivity contribution is 7.91. The molecule has 0 saturated carbocycles. The highest BCUT2D eigenvalue weighted by Gasteiger charge is 2.27. The van der Waals surface area contributed by atoms with Crippen molar-refractivity contribution in [3.05, 3.63) is 52.4 Å². The van der Waals surface area contributed by atoms with Crippen LogP contribution in [-0.4, -0.2) is 38.4 Å². The number of hydrogen-bond donors (Lipinski definition) is 1. The molecular formula is C16H17ClN2O3S2. The highest BCUT2D eigenvalue weighted by Crippen LogP contribution is 2.20. The molecule has 1 fully saturated rings. The van der Waals surface area contributed by atoms with Crippen molar-refractivity contribution in [2.75, 3.05) is 13.1 Å². The SMILES string of the molecule is O=C(c1cccc(Cl)c1)N1CCC(NS(=O)(=O)c2cccs2)CC1. The molecule has 1 N–H and O–H groups in total. The topological polar surface area (TPSA) is 66.5 Å². The summed E-state index contributed by atoms with van der Waals surface area (Å²) in [6.45, 7) is 1.03. The van der Waals surface area contributed by atoms with Crippen molar-refractivity contribution in [1.29, 1.82) is 0 Å². The number of thiophene rings is 1. The average Bonchev–Trinajstić information content (AvgIpc) is 3.10. The molecule has 1 amide bonds. The van der Waals surface area contributed by atoms with Crippen molar-refractivity contribution in [3.8, 4) is 0 Å². The Bertz CT molecular complexity index is 814. The molecule has 24 heavy (non-hydrogen) atoms. The van der Waals surface area contributed by atoms with Gasteiger partial charge >= 0.3 is 0 Å². The number of carbonyl (C=O) groups is 1. The van der Waals surface area contributed by atoms with Crippen LogP contribution in [0.15, 0.2) is 46.0 Å². The standard InChI is InChI=1S/C16H17ClN2O3S2/c17-13-4-1-3-12(11-13)16(20)19-8-6-14(7-9-19)18-24(21,22)15-5-2-10-23-15/h1-5,10-11,14,18H,6-9H2. The molecule has 0 unspecified atom stereocenters. The van der Waals surface area contributed by atoms with Crippen molar-refractivity contribution < 1.29 is 13.2 Å². The monoisotopic (exact) mass is 384 g/mol. The van der Waals surface area contributed by atoms with Gasteiger partial charge in [-0.1, -0.05) is 23.7 Å². The van der Waals surface area contributed by atoms with Crippen LogP contribution in [0.3, 0.4) is 0 Å². The summed E-state index contributed by atoms with van der Waals surface area (Å²) in [5.41, 5.74) is 0.556. The van der Waals surface area contributed by atoms with Crippen LogP contribution in [0.4, 0.5) is 0 Å². The third-order valence-electron chi connectivity index (χ3n) is 3.94. The summed E-state index contributed by atoms with van der Waals surface area (Å²) in [4.78, 5) is 14.2. The number of hydrogen-bond acceptors (Lipinski definition) is 4. The molecule has 0 aliphatic carbocycles. The van der Waals surface area contributed by atoms with Crippen LogP contribution in [0.2, 0.25) is 5.02 Å². The second-order valence-corrected chi connectivity index (χ2v) is 8.96. The summed E-state index contributed by atoms with van der Waals surface area (Å²) in [6, 6.07) is 10.0. The molecule has 0 bridgehead atoms. The number of nitrogens with zero attached hydrogens (tertiary/aromatic N) is 1. The van der Waals surface area contributed by atoms with Crippen molar-refractivity contribution >= 4 is 38.9 Å². The van der Waals surface area contributed by atoms with Crippen LogP contribution >= 0.6 is 22.9 Å². The number of likely N-dealkylation sites (tertiary alicyclic amines) is 1. The Morgan fingerprint density at radius 3 is 2.58 bits per heavy atom. The van der Waals surface area contributed by atoms with Gasteiger partial charge in [0.15, 0.2) is 0 Å². The minimum absolute atomic E-state index is 0.0722. The zero-order chi connectivity index (χ0) is 17.2. The van der Waals surface area contributed by atoms with Gasteiger partial charge in [-0.15, -0.1) is 11.3 Å². The lowest BCUT2D eigenvalue weighted by Crippen LogP contribution is -2.46. The normalized spacial score (nSPS) is 16.3. The van der Waals surface area contributed by atoms with E-state index in [9.17, 15) is 13.2 Å². The Labute approximate surface area is 150 Å². The number of nitrogens with one attached hydrogen (secondary N) is 1. The number of piperidine rings is 1. The summed E-state index contributed by atoms with van der Waals surface area (Å²) in [6.07, 6.45) is 1.19. The molecular weight excluding hydrogens is 368 g/mol. The van der Waals surface area contributed by atoms with Gasteiger partial charge in [0.05, 0.1) is 0 Å². The van der Waals surface area contributed by atoms with Gasteiger partial charge in [0.1, 0.15) is 4.21 Å². The molecule has 2 heterocycles. The molecule has 8 heteroatoms. The quantitative estimate of drug-likeness (QED) is 0.881. The van der Waals surface area contributed by atoms with Gasteiger partial charge < -0.3 is 4.90 Å². The highest BCUT2D eigenvalue weighted by atomic mass is 35.5. The third-order valence-corrected chi connectivity index (χ3v) is 7.09. The van der Waals surface area contributed by atoms with Gasteiger partial charge in [0.2, 0.25) is 10.0 Å². The number of halogens is 1. The first-order chi connectivity index (χ1) is 11.5. The fourth-order valence-corrected chi connectivity index (χ4v) is 5.20. The molecule has 1 aliphatic rings. The summed E-state index contributed by atoms with van der Waals surface area (Å²) in [5, 5.41) is 2.26. The third kappa shape index (κ3) is 3.97. The molecule has 3 rings (SSSR count). The molecule has 0 radical (unpaired) electrons. The smallest absolute Gasteiger partial charge is 0.253 e. The molecule has 2 aromatic rings. The second-order valence-electron chi connectivity index (χ2n) is 5.63. The summed E-state index contributed by atoms with van der Waals surface area (Å²) >= 11 is 7.12. The van der Waals surface area contributed by atoms with Crippen molar-refractivity contribution in [3.63, 3.8) is 0 Å². The van der Waals surface area contributed by atoms with E-state index < -0.39 is 10.0 Å². The van der Waals surface area contributed by atoms with Gasteiger partial charge in [-0.2, -0.15) is 0 Å². The van der Waals surface area contributed by atoms with E-state index in [4.69, 9.17) is 11.6 Å². The van der Waals surface area contributed by atoms with Crippen LogP contribution < -0.4 is 4.72 Å². The zero-order valence-corrected chi connectivity index (χ0v) is 15.2. The second kappa shape index (κ2) is 7.23. The fraction of sp³-hybridized carbons (Fsp3) is 0.312. The molecule has 0 atom stereocenters. The molecule has 1 aliphatic heterocycles. The van der Waals surface area contributed by atoms with Crippen molar-refractivity contribution in [2.45, 2.75) is 23.1 Å². The molecule has 1 aromatic heterocycles. The Balaban J connectivity index is 1.59. The Morgan fingerprint density at radius 2 is 1.96 bits per heavy atom. The van der Waals surface area contributed by atoms with Gasteiger partial charge in [-0.05, 0) is 42.5 Å². The number of amides is 1. The van der Waals surface area contributed by atoms with E-state index in [1.807, 2.05) is 0 Å². The average molecular weight is 385 g/mol. The Morgan fingerprint density at radius 1 is 1.21 bits per heavy atom. The molecule has 1 aromatic carbocycles. The summed E-state index contributed by atoms with van der Waals surface area (Å²) in [5.74, 6) is -0.0722. The van der Waals surface area contributed by atoms with E-state index in [2.05, 4.69) is 4.72 Å². The molecule has 0 spiro atoms. The van der Waals surface area contributed by atoms with Crippen molar-refractivity contribution in [1.82, 2.24) is 9.62 Å². The number of carbonyl (C=O) groups excluding carboxylic acids is 1. The molecule has 5 nitrogen and oxygen atoms in total. The maximum absolute atomic E-state index is 12.5. The van der Waals surface area contributed by atoms with E-state index in [1.165, 1.54) is 11.3 Å². The summed E-state index contributed by atoms with van der Waals surface area (Å²) < 4.78 is 27.5.